The molecule has 0 aliphatic heterocycles. The Morgan fingerprint density at radius 2 is 2.00 bits per heavy atom. The first-order valence-corrected chi connectivity index (χ1v) is 2.73. The Balaban J connectivity index is 0.000000810. The van der Waals surface area contributed by atoms with Gasteiger partial charge in [-0.3, -0.25) is 0 Å². The summed E-state index contributed by atoms with van der Waals surface area (Å²) in [6.07, 6.45) is 0. The summed E-state index contributed by atoms with van der Waals surface area (Å²) in [5.41, 5.74) is 6.60. The summed E-state index contributed by atoms with van der Waals surface area (Å²) in [6.45, 7) is 1.77. The third kappa shape index (κ3) is 1.98. The van der Waals surface area contributed by atoms with Crippen LogP contribution in [-0.4, -0.2) is 0 Å². The fourth-order valence-corrected chi connectivity index (χ4v) is 0.617. The van der Waals surface area contributed by atoms with Crippen molar-refractivity contribution >= 4 is 5.69 Å². The quantitative estimate of drug-likeness (QED) is 0.315. The monoisotopic (exact) mass is 129 g/mol. The number of nitrogens with two attached hydrogens (primary N) is 1. The van der Waals surface area contributed by atoms with Gasteiger partial charge < -0.3 is 10.8 Å². The molecule has 2 N–H and O–H groups in total. The van der Waals surface area contributed by atoms with E-state index in [1.54, 1.807) is 19.1 Å². The molecule has 0 aromatic heterocycles. The Kier molecular flexibility index (Phi) is 3.35. The third-order valence-corrected chi connectivity index (χ3v) is 1.21. The van der Waals surface area contributed by atoms with Crippen molar-refractivity contribution in [1.29, 1.82) is 0 Å². The van der Waals surface area contributed by atoms with E-state index in [1.807, 2.05) is 0 Å². The smallest absolute Gasteiger partial charge is 0.872 e. The summed E-state index contributed by atoms with van der Waals surface area (Å²) in [4.78, 5) is 0. The summed E-state index contributed by atoms with van der Waals surface area (Å²) in [5, 5.41) is 10.8. The van der Waals surface area contributed by atoms with Gasteiger partial charge in [-0.05, 0) is 19.1 Å². The SMILES string of the molecule is Cc1ccc(N)cc1[O-].[Li+]. The molecule has 0 atom stereocenters. The van der Waals surface area contributed by atoms with E-state index in [1.165, 1.54) is 6.07 Å². The summed E-state index contributed by atoms with van der Waals surface area (Å²) in [6, 6.07) is 4.86. The van der Waals surface area contributed by atoms with Gasteiger partial charge in [-0.25, -0.2) is 0 Å². The van der Waals surface area contributed by atoms with E-state index in [9.17, 15) is 5.11 Å². The maximum Gasteiger partial charge on any atom is 1.00 e. The van der Waals surface area contributed by atoms with Crippen LogP contribution in [0.5, 0.6) is 5.75 Å². The number of rotatable bonds is 0. The van der Waals surface area contributed by atoms with Gasteiger partial charge in [0.05, 0.1) is 0 Å². The van der Waals surface area contributed by atoms with E-state index in [0.29, 0.717) is 5.69 Å². The van der Waals surface area contributed by atoms with Crippen LogP contribution in [0.1, 0.15) is 5.56 Å². The van der Waals surface area contributed by atoms with Crippen LogP contribution >= 0.6 is 0 Å². The third-order valence-electron chi connectivity index (χ3n) is 1.21. The van der Waals surface area contributed by atoms with Gasteiger partial charge in [-0.15, -0.1) is 5.75 Å². The van der Waals surface area contributed by atoms with Crippen LogP contribution in [0.4, 0.5) is 5.69 Å². The zero-order chi connectivity index (χ0) is 6.85. The zero-order valence-electron chi connectivity index (χ0n) is 6.22. The average Bonchev–Trinajstić information content (AvgIpc) is 1.80. The average molecular weight is 129 g/mol. The van der Waals surface area contributed by atoms with Gasteiger partial charge in [0.1, 0.15) is 0 Å². The summed E-state index contributed by atoms with van der Waals surface area (Å²) >= 11 is 0. The zero-order valence-corrected chi connectivity index (χ0v) is 6.22. The van der Waals surface area contributed by atoms with Gasteiger partial charge in [-0.2, -0.15) is 0 Å². The van der Waals surface area contributed by atoms with Crippen molar-refractivity contribution in [2.24, 2.45) is 0 Å². The number of aryl methyl sites for hydroxylation is 1. The van der Waals surface area contributed by atoms with E-state index in [2.05, 4.69) is 0 Å². The second kappa shape index (κ2) is 3.55. The molecule has 0 saturated carbocycles. The molecule has 0 amide bonds. The first-order chi connectivity index (χ1) is 4.20. The minimum absolute atomic E-state index is 0. The molecular formula is C7H8LiNO. The standard InChI is InChI=1S/C7H9NO.Li/c1-5-2-3-6(8)4-7(5)9;/h2-4,9H,8H2,1H3;/q;+1/p-1. The van der Waals surface area contributed by atoms with Crippen LogP contribution < -0.4 is 29.7 Å². The van der Waals surface area contributed by atoms with Crippen molar-refractivity contribution in [3.05, 3.63) is 23.8 Å². The Hall–Kier alpha value is -0.583. The largest absolute Gasteiger partial charge is 1.00 e. The van der Waals surface area contributed by atoms with E-state index < -0.39 is 0 Å². The van der Waals surface area contributed by atoms with Crippen molar-refractivity contribution < 1.29 is 24.0 Å². The van der Waals surface area contributed by atoms with Crippen molar-refractivity contribution in [2.75, 3.05) is 5.73 Å². The van der Waals surface area contributed by atoms with Crippen molar-refractivity contribution in [3.8, 4) is 5.75 Å². The van der Waals surface area contributed by atoms with Gasteiger partial charge >= 0.3 is 18.9 Å². The summed E-state index contributed by atoms with van der Waals surface area (Å²) < 4.78 is 0. The molecule has 10 heavy (non-hydrogen) atoms. The van der Waals surface area contributed by atoms with Crippen LogP contribution in [0.3, 0.4) is 0 Å². The fraction of sp³-hybridized carbons (Fsp3) is 0.143. The normalized spacial score (nSPS) is 8.50. The van der Waals surface area contributed by atoms with Crippen LogP contribution in [0, 0.1) is 6.92 Å². The van der Waals surface area contributed by atoms with Crippen molar-refractivity contribution in [3.63, 3.8) is 0 Å². The summed E-state index contributed by atoms with van der Waals surface area (Å²) in [5.74, 6) is 0.00926. The predicted octanol–water partition coefficient (Wildman–Crippen LogP) is -2.35. The maximum absolute atomic E-state index is 10.8. The molecule has 1 rings (SSSR count). The maximum atomic E-state index is 10.8. The van der Waals surface area contributed by atoms with Crippen LogP contribution in [0.15, 0.2) is 18.2 Å². The molecule has 1 aromatic carbocycles. The van der Waals surface area contributed by atoms with Crippen LogP contribution in [0.2, 0.25) is 0 Å². The summed E-state index contributed by atoms with van der Waals surface area (Å²) in [7, 11) is 0. The van der Waals surface area contributed by atoms with Gasteiger partial charge in [0, 0.05) is 5.69 Å². The molecule has 0 unspecified atom stereocenters. The first-order valence-electron chi connectivity index (χ1n) is 2.73. The van der Waals surface area contributed by atoms with Crippen molar-refractivity contribution in [1.82, 2.24) is 0 Å². The van der Waals surface area contributed by atoms with Gasteiger partial charge in [0.2, 0.25) is 0 Å². The van der Waals surface area contributed by atoms with Gasteiger partial charge in [-0.1, -0.05) is 11.6 Å². The predicted molar refractivity (Wildman–Crippen MR) is 35.0 cm³/mol. The molecule has 0 aliphatic rings. The van der Waals surface area contributed by atoms with E-state index >= 15 is 0 Å². The Bertz CT molecular complexity index is 225. The van der Waals surface area contributed by atoms with E-state index in [0.717, 1.165) is 5.56 Å². The van der Waals surface area contributed by atoms with Gasteiger partial charge in [0.25, 0.3) is 0 Å². The number of nitrogen functional groups attached to an aromatic ring is 1. The molecule has 0 bridgehead atoms. The number of hydrogen-bond acceptors (Lipinski definition) is 2. The molecule has 0 spiro atoms. The van der Waals surface area contributed by atoms with Crippen LogP contribution in [-0.2, 0) is 0 Å². The molecule has 48 valence electrons. The second-order valence-corrected chi connectivity index (χ2v) is 2.02. The minimum Gasteiger partial charge on any atom is -0.872 e. The Morgan fingerprint density at radius 1 is 1.40 bits per heavy atom. The topological polar surface area (TPSA) is 49.1 Å². The molecule has 0 radical (unpaired) electrons. The first kappa shape index (κ1) is 9.42. The van der Waals surface area contributed by atoms with Crippen molar-refractivity contribution in [2.45, 2.75) is 6.92 Å². The minimum atomic E-state index is 0. The number of hydrogen-bond donors (Lipinski definition) is 1. The molecule has 2 nitrogen and oxygen atoms in total. The molecule has 3 heteroatoms. The number of benzene rings is 1. The molecule has 0 saturated heterocycles. The Labute approximate surface area is 72.2 Å². The molecule has 0 fully saturated rings. The second-order valence-electron chi connectivity index (χ2n) is 2.02. The number of anilines is 1. The molecule has 1 aromatic rings. The Morgan fingerprint density at radius 3 is 2.40 bits per heavy atom. The molecular weight excluding hydrogens is 121 g/mol. The van der Waals surface area contributed by atoms with E-state index in [4.69, 9.17) is 5.73 Å². The molecule has 0 aliphatic carbocycles. The molecule has 0 heterocycles. The van der Waals surface area contributed by atoms with E-state index in [-0.39, 0.29) is 24.6 Å². The fourth-order valence-electron chi connectivity index (χ4n) is 0.617. The van der Waals surface area contributed by atoms with Crippen LogP contribution in [0.25, 0.3) is 0 Å². The van der Waals surface area contributed by atoms with Gasteiger partial charge in [0.15, 0.2) is 0 Å².